The molecule has 0 aliphatic carbocycles. The maximum Gasteiger partial charge on any atom is 2.00 e. The molecule has 0 fully saturated rings. The summed E-state index contributed by atoms with van der Waals surface area (Å²) < 4.78 is 4.70. The van der Waals surface area contributed by atoms with Gasteiger partial charge in [-0.2, -0.15) is 0 Å². The molecule has 15 heavy (non-hydrogen) atoms. The molecule has 1 rings (SSSR count). The third-order valence-electron chi connectivity index (χ3n) is 1.49. The molecule has 5 nitrogen and oxygen atoms in total. The zero-order chi connectivity index (χ0) is 10.6. The maximum absolute atomic E-state index is 11.1. The minimum atomic E-state index is -1.12. The van der Waals surface area contributed by atoms with Crippen LogP contribution < -0.4 is 0 Å². The molecule has 0 saturated heterocycles. The van der Waals surface area contributed by atoms with Gasteiger partial charge >= 0.3 is 49.7 Å². The van der Waals surface area contributed by atoms with Gasteiger partial charge in [0.25, 0.3) is 0 Å². The van der Waals surface area contributed by atoms with E-state index in [1.54, 1.807) is 6.92 Å². The number of nitrogens with zero attached hydrogens (tertiary/aromatic N) is 1. The topological polar surface area (TPSA) is 76.5 Å². The fourth-order valence-electron chi connectivity index (χ4n) is 0.856. The van der Waals surface area contributed by atoms with Crippen molar-refractivity contribution in [2.45, 2.75) is 6.92 Å². The molecule has 0 saturated carbocycles. The van der Waals surface area contributed by atoms with E-state index in [2.05, 4.69) is 4.98 Å². The number of aromatic carboxylic acids is 1. The molecule has 0 aliphatic heterocycles. The normalized spacial score (nSPS) is 8.87. The summed E-state index contributed by atoms with van der Waals surface area (Å²) in [4.78, 5) is 25.1. The van der Waals surface area contributed by atoms with Gasteiger partial charge in [0.05, 0.1) is 12.2 Å². The van der Waals surface area contributed by atoms with Crippen LogP contribution in [-0.2, 0) is 4.74 Å². The minimum Gasteiger partial charge on any atom is -1.00 e. The second-order valence-corrected chi connectivity index (χ2v) is 2.46. The Morgan fingerprint density at radius 2 is 2.20 bits per heavy atom. The van der Waals surface area contributed by atoms with E-state index >= 15 is 0 Å². The molecule has 1 aromatic rings. The number of hydrogen-bond donors (Lipinski definition) is 1. The zero-order valence-electron chi connectivity index (χ0n) is 10.3. The molecule has 1 N–H and O–H groups in total. The predicted octanol–water partition coefficient (Wildman–Crippen LogP) is 0.801. The van der Waals surface area contributed by atoms with Crippen molar-refractivity contribution in [1.29, 1.82) is 0 Å². The molecule has 0 amide bonds. The van der Waals surface area contributed by atoms with Crippen LogP contribution in [0.2, 0.25) is 0 Å². The standard InChI is InChI=1S/C9H9NO4.Ca.2H/c1-2-14-9(13)6-3-4-7(8(11)12)10-5-6;;;/h3-5H,2H2,1H3,(H,11,12);;;/q;+2;2*-1. The van der Waals surface area contributed by atoms with E-state index in [9.17, 15) is 9.59 Å². The monoisotopic (exact) mass is 237 g/mol. The summed E-state index contributed by atoms with van der Waals surface area (Å²) in [5.74, 6) is -1.63. The molecule has 78 valence electrons. The van der Waals surface area contributed by atoms with Crippen molar-refractivity contribution in [1.82, 2.24) is 4.98 Å². The van der Waals surface area contributed by atoms with E-state index in [0.29, 0.717) is 0 Å². The average molecular weight is 237 g/mol. The molecule has 0 unspecified atom stereocenters. The van der Waals surface area contributed by atoms with Gasteiger partial charge in [-0.05, 0) is 19.1 Å². The Balaban J connectivity index is -0.000000653. The summed E-state index contributed by atoms with van der Waals surface area (Å²) in [6.07, 6.45) is 1.18. The third-order valence-corrected chi connectivity index (χ3v) is 1.49. The smallest absolute Gasteiger partial charge is 1.00 e. The van der Waals surface area contributed by atoms with Crippen molar-refractivity contribution in [3.8, 4) is 0 Å². The first-order valence-electron chi connectivity index (χ1n) is 4.01. The summed E-state index contributed by atoms with van der Waals surface area (Å²) in [7, 11) is 0. The quantitative estimate of drug-likeness (QED) is 0.621. The number of carboxylic acids is 1. The first-order chi connectivity index (χ1) is 6.65. The maximum atomic E-state index is 11.1. The number of hydrogen-bond acceptors (Lipinski definition) is 4. The summed E-state index contributed by atoms with van der Waals surface area (Å²) >= 11 is 0. The van der Waals surface area contributed by atoms with Crippen molar-refractivity contribution in [2.75, 3.05) is 6.61 Å². The van der Waals surface area contributed by atoms with Crippen LogP contribution in [0.4, 0.5) is 0 Å². The van der Waals surface area contributed by atoms with Gasteiger partial charge in [0.2, 0.25) is 0 Å². The Bertz CT molecular complexity index is 359. The van der Waals surface area contributed by atoms with Crippen LogP contribution in [0.25, 0.3) is 0 Å². The van der Waals surface area contributed by atoms with E-state index in [1.165, 1.54) is 18.3 Å². The Hall–Kier alpha value is -0.650. The Kier molecular flexibility index (Phi) is 6.47. The summed E-state index contributed by atoms with van der Waals surface area (Å²) in [5, 5.41) is 8.54. The molecule has 1 heterocycles. The van der Waals surface area contributed by atoms with Crippen LogP contribution in [0.5, 0.6) is 0 Å². The van der Waals surface area contributed by atoms with Crippen LogP contribution in [0.3, 0.4) is 0 Å². The fraction of sp³-hybridized carbons (Fsp3) is 0.222. The number of esters is 1. The number of rotatable bonds is 3. The number of carbonyl (C=O) groups is 2. The number of carboxylic acid groups (broad SMARTS) is 1. The van der Waals surface area contributed by atoms with Crippen molar-refractivity contribution in [3.05, 3.63) is 29.6 Å². The molecular formula is C9H11CaNO4. The number of aromatic nitrogens is 1. The Morgan fingerprint density at radius 3 is 2.60 bits per heavy atom. The first-order valence-corrected chi connectivity index (χ1v) is 4.01. The van der Waals surface area contributed by atoms with Crippen molar-refractivity contribution in [2.24, 2.45) is 0 Å². The first kappa shape index (κ1) is 14.3. The summed E-state index contributed by atoms with van der Waals surface area (Å²) in [6, 6.07) is 2.63. The molecule has 0 atom stereocenters. The molecule has 0 aliphatic rings. The van der Waals surface area contributed by atoms with Gasteiger partial charge in [-0.25, -0.2) is 14.6 Å². The van der Waals surface area contributed by atoms with E-state index in [0.717, 1.165) is 0 Å². The van der Waals surface area contributed by atoms with E-state index in [4.69, 9.17) is 9.84 Å². The van der Waals surface area contributed by atoms with Crippen LogP contribution in [-0.4, -0.2) is 66.4 Å². The fourth-order valence-corrected chi connectivity index (χ4v) is 0.856. The van der Waals surface area contributed by atoms with Crippen LogP contribution >= 0.6 is 0 Å². The van der Waals surface area contributed by atoms with E-state index in [-0.39, 0.29) is 58.5 Å². The average Bonchev–Trinajstić information content (AvgIpc) is 2.18. The molecule has 0 radical (unpaired) electrons. The number of pyridine rings is 1. The largest absolute Gasteiger partial charge is 2.00 e. The van der Waals surface area contributed by atoms with Crippen LogP contribution in [0.15, 0.2) is 18.3 Å². The van der Waals surface area contributed by atoms with Gasteiger partial charge in [-0.3, -0.25) is 0 Å². The van der Waals surface area contributed by atoms with Gasteiger partial charge in [0.1, 0.15) is 5.69 Å². The van der Waals surface area contributed by atoms with Crippen LogP contribution in [0, 0.1) is 0 Å². The van der Waals surface area contributed by atoms with Gasteiger partial charge in [0, 0.05) is 6.20 Å². The van der Waals surface area contributed by atoms with Gasteiger partial charge < -0.3 is 12.7 Å². The second kappa shape index (κ2) is 6.76. The van der Waals surface area contributed by atoms with Gasteiger partial charge in [-0.1, -0.05) is 0 Å². The van der Waals surface area contributed by atoms with Crippen LogP contribution in [0.1, 0.15) is 30.6 Å². The number of carbonyl (C=O) groups excluding carboxylic acids is 1. The molecular weight excluding hydrogens is 226 g/mol. The van der Waals surface area contributed by atoms with Crippen molar-refractivity contribution >= 4 is 49.7 Å². The Morgan fingerprint density at radius 1 is 1.53 bits per heavy atom. The predicted molar refractivity (Wildman–Crippen MR) is 55.1 cm³/mol. The molecule has 0 spiro atoms. The van der Waals surface area contributed by atoms with Crippen molar-refractivity contribution in [3.63, 3.8) is 0 Å². The van der Waals surface area contributed by atoms with E-state index < -0.39 is 11.9 Å². The van der Waals surface area contributed by atoms with Gasteiger partial charge in [0.15, 0.2) is 0 Å². The number of ether oxygens (including phenoxy) is 1. The Labute approximate surface area is 119 Å². The summed E-state index contributed by atoms with van der Waals surface area (Å²) in [6.45, 7) is 1.97. The molecule has 1 aromatic heterocycles. The summed E-state index contributed by atoms with van der Waals surface area (Å²) in [5.41, 5.74) is 0.148. The zero-order valence-corrected chi connectivity index (χ0v) is 10.5. The van der Waals surface area contributed by atoms with Gasteiger partial charge in [-0.15, -0.1) is 0 Å². The SMILES string of the molecule is CCOC(=O)c1ccc(C(=O)O)nc1.[Ca+2].[H-].[H-]. The van der Waals surface area contributed by atoms with E-state index in [1.807, 2.05) is 0 Å². The molecule has 0 aromatic carbocycles. The molecule has 0 bridgehead atoms. The molecule has 6 heteroatoms. The van der Waals surface area contributed by atoms with Crippen molar-refractivity contribution < 1.29 is 22.3 Å². The minimum absolute atomic E-state index is 0. The third kappa shape index (κ3) is 4.15. The second-order valence-electron chi connectivity index (χ2n) is 2.46.